The van der Waals surface area contributed by atoms with E-state index in [2.05, 4.69) is 35.2 Å². The molecule has 0 bridgehead atoms. The molecule has 0 saturated carbocycles. The average molecular weight is 416 g/mol. The molecule has 0 aliphatic carbocycles. The molecule has 152 valence electrons. The van der Waals surface area contributed by atoms with Crippen LogP contribution < -0.4 is 4.74 Å². The normalized spacial score (nSPS) is 14.1. The molecule has 0 fully saturated rings. The molecule has 4 nitrogen and oxygen atoms in total. The molecule has 0 spiro atoms. The highest BCUT2D eigenvalue weighted by Crippen LogP contribution is 2.38. The summed E-state index contributed by atoms with van der Waals surface area (Å²) in [6.45, 7) is 6.78. The Hall–Kier alpha value is -2.94. The third kappa shape index (κ3) is 4.62. The van der Waals surface area contributed by atoms with Crippen LogP contribution in [0.3, 0.4) is 0 Å². The highest BCUT2D eigenvalue weighted by molar-refractivity contribution is 7.16. The van der Waals surface area contributed by atoms with E-state index in [1.165, 1.54) is 16.0 Å². The van der Waals surface area contributed by atoms with Crippen LogP contribution in [0.5, 0.6) is 5.75 Å². The zero-order chi connectivity index (χ0) is 20.9. The number of hydrogen-bond acceptors (Lipinski definition) is 5. The fraction of sp³-hybridized carbons (Fsp3) is 0.280. The number of ether oxygens (including phenoxy) is 1. The van der Waals surface area contributed by atoms with E-state index >= 15 is 0 Å². The van der Waals surface area contributed by atoms with Crippen LogP contribution in [-0.2, 0) is 19.5 Å². The van der Waals surface area contributed by atoms with Gasteiger partial charge < -0.3 is 4.74 Å². The fourth-order valence-corrected chi connectivity index (χ4v) is 4.89. The molecule has 30 heavy (non-hydrogen) atoms. The summed E-state index contributed by atoms with van der Waals surface area (Å²) in [5.41, 5.74) is 4.14. The van der Waals surface area contributed by atoms with Gasteiger partial charge >= 0.3 is 0 Å². The van der Waals surface area contributed by atoms with Gasteiger partial charge in [-0.05, 0) is 43.5 Å². The quantitative estimate of drug-likeness (QED) is 0.484. The molecular weight excluding hydrogens is 390 g/mol. The van der Waals surface area contributed by atoms with Gasteiger partial charge in [-0.2, -0.15) is 5.26 Å². The lowest BCUT2D eigenvalue weighted by atomic mass is 10.0. The Bertz CT molecular complexity index is 1080. The molecule has 1 aliphatic heterocycles. The molecule has 0 radical (unpaired) electrons. The Kier molecular flexibility index (Phi) is 6.27. The first-order valence-electron chi connectivity index (χ1n) is 10.2. The largest absolute Gasteiger partial charge is 0.490 e. The van der Waals surface area contributed by atoms with Gasteiger partial charge in [0.2, 0.25) is 0 Å². The Labute approximate surface area is 182 Å². The van der Waals surface area contributed by atoms with Crippen molar-refractivity contribution in [3.05, 3.63) is 81.7 Å². The Morgan fingerprint density at radius 2 is 1.93 bits per heavy atom. The maximum absolute atomic E-state index is 9.78. The Balaban J connectivity index is 1.56. The van der Waals surface area contributed by atoms with E-state index in [9.17, 15) is 5.26 Å². The van der Waals surface area contributed by atoms with Gasteiger partial charge in [0.15, 0.2) is 0 Å². The van der Waals surface area contributed by atoms with Gasteiger partial charge in [0.05, 0.1) is 11.7 Å². The minimum atomic E-state index is 0.0962. The molecule has 2 aromatic carbocycles. The van der Waals surface area contributed by atoms with Crippen LogP contribution in [-0.4, -0.2) is 23.8 Å². The minimum absolute atomic E-state index is 0.0962. The average Bonchev–Trinajstić information content (AvgIpc) is 3.10. The van der Waals surface area contributed by atoms with Gasteiger partial charge in [-0.25, -0.2) is 4.99 Å². The molecule has 5 heteroatoms. The molecule has 4 rings (SSSR count). The number of para-hydroxylation sites is 1. The van der Waals surface area contributed by atoms with Crippen molar-refractivity contribution in [2.45, 2.75) is 39.5 Å². The molecule has 0 N–H and O–H groups in total. The van der Waals surface area contributed by atoms with E-state index in [0.29, 0.717) is 0 Å². The number of nitrogens with zero attached hydrogens (tertiary/aromatic N) is 3. The number of hydrogen-bond donors (Lipinski definition) is 0. The van der Waals surface area contributed by atoms with Crippen molar-refractivity contribution in [1.29, 1.82) is 5.26 Å². The molecule has 0 amide bonds. The first-order valence-corrected chi connectivity index (χ1v) is 11.1. The first-order chi connectivity index (χ1) is 14.6. The van der Waals surface area contributed by atoms with Gasteiger partial charge in [-0.1, -0.05) is 42.5 Å². The highest BCUT2D eigenvalue weighted by Gasteiger charge is 2.24. The van der Waals surface area contributed by atoms with E-state index in [-0.39, 0.29) is 6.10 Å². The molecular formula is C25H25N3OS. The molecule has 3 aromatic rings. The number of benzene rings is 2. The van der Waals surface area contributed by atoms with Crippen LogP contribution in [0.15, 0.2) is 59.6 Å². The highest BCUT2D eigenvalue weighted by atomic mass is 32.1. The molecule has 0 atom stereocenters. The van der Waals surface area contributed by atoms with E-state index in [0.717, 1.165) is 47.9 Å². The summed E-state index contributed by atoms with van der Waals surface area (Å²) in [6.07, 6.45) is 2.81. The second-order valence-corrected chi connectivity index (χ2v) is 8.79. The van der Waals surface area contributed by atoms with Gasteiger partial charge in [-0.3, -0.25) is 4.90 Å². The summed E-state index contributed by atoms with van der Waals surface area (Å²) in [6, 6.07) is 20.8. The number of rotatable bonds is 6. The third-order valence-electron chi connectivity index (χ3n) is 5.08. The van der Waals surface area contributed by atoms with Crippen molar-refractivity contribution in [2.24, 2.45) is 4.99 Å². The first kappa shape index (κ1) is 20.3. The summed E-state index contributed by atoms with van der Waals surface area (Å²) in [4.78, 5) is 8.40. The zero-order valence-corrected chi connectivity index (χ0v) is 18.2. The smallest absolute Gasteiger partial charge is 0.134 e. The second kappa shape index (κ2) is 9.25. The predicted molar refractivity (Wildman–Crippen MR) is 123 cm³/mol. The molecule has 2 heterocycles. The Morgan fingerprint density at radius 1 is 1.17 bits per heavy atom. The van der Waals surface area contributed by atoms with Gasteiger partial charge in [0, 0.05) is 36.3 Å². The lowest BCUT2D eigenvalue weighted by Crippen LogP contribution is -2.29. The third-order valence-corrected chi connectivity index (χ3v) is 6.21. The van der Waals surface area contributed by atoms with Crippen molar-refractivity contribution in [3.8, 4) is 11.8 Å². The fourth-order valence-electron chi connectivity index (χ4n) is 3.70. The molecule has 0 unspecified atom stereocenters. The summed E-state index contributed by atoms with van der Waals surface area (Å²) in [5.74, 6) is 0.810. The summed E-state index contributed by atoms with van der Waals surface area (Å²) >= 11 is 1.64. The van der Waals surface area contributed by atoms with Gasteiger partial charge in [-0.15, -0.1) is 11.3 Å². The summed E-state index contributed by atoms with van der Waals surface area (Å²) in [5, 5.41) is 10.6. The monoisotopic (exact) mass is 415 g/mol. The van der Waals surface area contributed by atoms with E-state index in [1.807, 2.05) is 50.4 Å². The zero-order valence-electron chi connectivity index (χ0n) is 17.3. The second-order valence-electron chi connectivity index (χ2n) is 7.70. The van der Waals surface area contributed by atoms with Crippen LogP contribution in [0.2, 0.25) is 0 Å². The minimum Gasteiger partial charge on any atom is -0.490 e. The summed E-state index contributed by atoms with van der Waals surface area (Å²) in [7, 11) is 0. The lowest BCUT2D eigenvalue weighted by Gasteiger charge is -2.26. The van der Waals surface area contributed by atoms with Crippen LogP contribution in [0, 0.1) is 11.3 Å². The summed E-state index contributed by atoms with van der Waals surface area (Å²) < 4.78 is 5.88. The van der Waals surface area contributed by atoms with Crippen LogP contribution in [0.1, 0.15) is 41.0 Å². The maximum atomic E-state index is 9.78. The van der Waals surface area contributed by atoms with Crippen molar-refractivity contribution in [3.63, 3.8) is 0 Å². The molecule has 1 aliphatic rings. The number of aliphatic imine (C=N–C) groups is 1. The van der Waals surface area contributed by atoms with Gasteiger partial charge in [0.1, 0.15) is 16.8 Å². The topological polar surface area (TPSA) is 48.6 Å². The number of fused-ring (bicyclic) bond motifs is 1. The number of thiophene rings is 1. The van der Waals surface area contributed by atoms with Crippen molar-refractivity contribution >= 4 is 22.6 Å². The van der Waals surface area contributed by atoms with Crippen LogP contribution in [0.4, 0.5) is 5.00 Å². The number of nitriles is 1. The molecule has 0 saturated heterocycles. The van der Waals surface area contributed by atoms with Crippen LogP contribution in [0.25, 0.3) is 0 Å². The predicted octanol–water partition coefficient (Wildman–Crippen LogP) is 5.72. The van der Waals surface area contributed by atoms with E-state index in [1.54, 1.807) is 11.3 Å². The van der Waals surface area contributed by atoms with Crippen molar-refractivity contribution in [1.82, 2.24) is 4.90 Å². The SMILES string of the molecule is CC(C)Oc1ccccc1C=Nc1sc2c(c1C#N)CCN(Cc1ccccc1)C2. The van der Waals surface area contributed by atoms with Gasteiger partial charge in [0.25, 0.3) is 0 Å². The van der Waals surface area contributed by atoms with Crippen molar-refractivity contribution in [2.75, 3.05) is 6.54 Å². The lowest BCUT2D eigenvalue weighted by molar-refractivity contribution is 0.242. The van der Waals surface area contributed by atoms with Crippen molar-refractivity contribution < 1.29 is 4.74 Å². The van der Waals surface area contributed by atoms with Crippen LogP contribution >= 0.6 is 11.3 Å². The maximum Gasteiger partial charge on any atom is 0.134 e. The Morgan fingerprint density at radius 3 is 2.70 bits per heavy atom. The molecule has 1 aromatic heterocycles. The standard InChI is InChI=1S/C25H25N3OS/c1-18(2)29-23-11-7-6-10-20(23)15-27-25-22(14-26)21-12-13-28(17-24(21)30-25)16-19-8-4-3-5-9-19/h3-11,15,18H,12-13,16-17H2,1-2H3. The van der Waals surface area contributed by atoms with E-state index in [4.69, 9.17) is 9.73 Å². The van der Waals surface area contributed by atoms with E-state index < -0.39 is 0 Å².